The molecule has 0 aliphatic carbocycles. The number of likely N-dealkylation sites (tertiary alicyclic amines) is 1. The maximum absolute atomic E-state index is 12.9. The molecule has 4 heteroatoms. The lowest BCUT2D eigenvalue weighted by molar-refractivity contribution is -0.0262. The number of hydrogen-bond donors (Lipinski definition) is 2. The van der Waals surface area contributed by atoms with Gasteiger partial charge in [-0.1, -0.05) is 12.1 Å². The van der Waals surface area contributed by atoms with Crippen molar-refractivity contribution >= 4 is 0 Å². The van der Waals surface area contributed by atoms with Gasteiger partial charge in [0.25, 0.3) is 0 Å². The Morgan fingerprint density at radius 1 is 1.11 bits per heavy atom. The number of halogens is 1. The van der Waals surface area contributed by atoms with Crippen molar-refractivity contribution in [3.63, 3.8) is 0 Å². The third-order valence-corrected chi connectivity index (χ3v) is 3.95. The van der Waals surface area contributed by atoms with Crippen molar-refractivity contribution in [3.05, 3.63) is 35.6 Å². The molecule has 1 aromatic rings. The van der Waals surface area contributed by atoms with E-state index >= 15 is 0 Å². The Morgan fingerprint density at radius 2 is 1.74 bits per heavy atom. The van der Waals surface area contributed by atoms with Crippen molar-refractivity contribution < 1.29 is 14.6 Å². The van der Waals surface area contributed by atoms with Crippen molar-refractivity contribution in [3.8, 4) is 0 Å². The van der Waals surface area contributed by atoms with E-state index in [9.17, 15) is 9.50 Å². The van der Waals surface area contributed by atoms with Gasteiger partial charge in [0.05, 0.1) is 5.60 Å². The molecule has 0 aromatic heterocycles. The monoisotopic (exact) mass is 267 g/mol. The molecule has 1 heterocycles. The Labute approximate surface area is 113 Å². The molecule has 1 aliphatic heterocycles. The van der Waals surface area contributed by atoms with Crippen LogP contribution in [0.15, 0.2) is 24.3 Å². The van der Waals surface area contributed by atoms with Crippen LogP contribution in [0, 0.1) is 5.82 Å². The van der Waals surface area contributed by atoms with Crippen molar-refractivity contribution in [1.29, 1.82) is 0 Å². The standard InChI is InChI=1S/C15H22FNO2/c16-14-5-3-13(4-6-14)15(19)7-10-17(11-8-15)9-1-2-12-18/h3-6,18-19H,1-2,7-12H2. The number of aliphatic hydroxyl groups is 2. The van der Waals surface area contributed by atoms with E-state index < -0.39 is 5.60 Å². The number of piperidine rings is 1. The van der Waals surface area contributed by atoms with Gasteiger partial charge in [-0.3, -0.25) is 0 Å². The molecule has 0 spiro atoms. The highest BCUT2D eigenvalue weighted by molar-refractivity contribution is 5.23. The average molecular weight is 267 g/mol. The van der Waals surface area contributed by atoms with Crippen molar-refractivity contribution in [2.24, 2.45) is 0 Å². The van der Waals surface area contributed by atoms with E-state index in [1.807, 2.05) is 0 Å². The molecule has 0 radical (unpaired) electrons. The highest BCUT2D eigenvalue weighted by Gasteiger charge is 2.33. The Balaban J connectivity index is 1.89. The summed E-state index contributed by atoms with van der Waals surface area (Å²) in [5.74, 6) is -0.270. The summed E-state index contributed by atoms with van der Waals surface area (Å²) in [4.78, 5) is 2.31. The second kappa shape index (κ2) is 6.46. The van der Waals surface area contributed by atoms with E-state index in [2.05, 4.69) is 4.90 Å². The molecule has 0 saturated carbocycles. The van der Waals surface area contributed by atoms with Gasteiger partial charge in [0.15, 0.2) is 0 Å². The predicted octanol–water partition coefficient (Wildman–Crippen LogP) is 1.88. The summed E-state index contributed by atoms with van der Waals surface area (Å²) >= 11 is 0. The van der Waals surface area contributed by atoms with Gasteiger partial charge in [0.1, 0.15) is 5.82 Å². The Morgan fingerprint density at radius 3 is 2.32 bits per heavy atom. The summed E-state index contributed by atoms with van der Waals surface area (Å²) in [6.07, 6.45) is 3.18. The fourth-order valence-electron chi connectivity index (χ4n) is 2.64. The molecule has 0 unspecified atom stereocenters. The second-order valence-electron chi connectivity index (χ2n) is 5.31. The maximum atomic E-state index is 12.9. The van der Waals surface area contributed by atoms with Gasteiger partial charge in [0.2, 0.25) is 0 Å². The molecule has 1 aromatic carbocycles. The molecule has 1 aliphatic rings. The SMILES string of the molecule is OCCCCN1CCC(O)(c2ccc(F)cc2)CC1. The molecule has 1 fully saturated rings. The number of rotatable bonds is 5. The largest absolute Gasteiger partial charge is 0.396 e. The van der Waals surface area contributed by atoms with Crippen LogP contribution in [0.3, 0.4) is 0 Å². The van der Waals surface area contributed by atoms with Crippen LogP contribution in [-0.4, -0.2) is 41.4 Å². The van der Waals surface area contributed by atoms with Crippen LogP contribution in [-0.2, 0) is 5.60 Å². The third-order valence-electron chi connectivity index (χ3n) is 3.95. The summed E-state index contributed by atoms with van der Waals surface area (Å²) in [5.41, 5.74) is -0.00910. The van der Waals surface area contributed by atoms with E-state index in [0.717, 1.165) is 38.0 Å². The summed E-state index contributed by atoms with van der Waals surface area (Å²) in [6.45, 7) is 2.91. The number of benzene rings is 1. The second-order valence-corrected chi connectivity index (χ2v) is 5.31. The lowest BCUT2D eigenvalue weighted by Crippen LogP contribution is -2.42. The Bertz CT molecular complexity index is 386. The zero-order valence-corrected chi connectivity index (χ0v) is 11.2. The van der Waals surface area contributed by atoms with Crippen LogP contribution in [0.4, 0.5) is 4.39 Å². The van der Waals surface area contributed by atoms with E-state index in [0.29, 0.717) is 12.8 Å². The minimum atomic E-state index is -0.818. The van der Waals surface area contributed by atoms with Crippen LogP contribution < -0.4 is 0 Å². The van der Waals surface area contributed by atoms with Gasteiger partial charge in [-0.15, -0.1) is 0 Å². The summed E-state index contributed by atoms with van der Waals surface area (Å²) in [5, 5.41) is 19.4. The van der Waals surface area contributed by atoms with Gasteiger partial charge in [-0.05, 0) is 49.9 Å². The van der Waals surface area contributed by atoms with Gasteiger partial charge in [-0.2, -0.15) is 0 Å². The highest BCUT2D eigenvalue weighted by Crippen LogP contribution is 2.32. The van der Waals surface area contributed by atoms with Gasteiger partial charge < -0.3 is 15.1 Å². The predicted molar refractivity (Wildman–Crippen MR) is 72.3 cm³/mol. The number of aliphatic hydroxyl groups excluding tert-OH is 1. The molecule has 2 rings (SSSR count). The molecule has 0 amide bonds. The average Bonchev–Trinajstić information content (AvgIpc) is 2.42. The maximum Gasteiger partial charge on any atom is 0.123 e. The number of unbranched alkanes of at least 4 members (excludes halogenated alkanes) is 1. The van der Waals surface area contributed by atoms with Gasteiger partial charge in [0, 0.05) is 19.7 Å². The van der Waals surface area contributed by atoms with Crippen LogP contribution in [0.5, 0.6) is 0 Å². The molecule has 1 saturated heterocycles. The fraction of sp³-hybridized carbons (Fsp3) is 0.600. The number of nitrogens with zero attached hydrogens (tertiary/aromatic N) is 1. The Hall–Kier alpha value is -0.970. The van der Waals surface area contributed by atoms with Crippen molar-refractivity contribution in [2.45, 2.75) is 31.3 Å². The molecule has 3 nitrogen and oxygen atoms in total. The first-order valence-electron chi connectivity index (χ1n) is 6.96. The molecule has 2 N–H and O–H groups in total. The van der Waals surface area contributed by atoms with Crippen LogP contribution in [0.2, 0.25) is 0 Å². The van der Waals surface area contributed by atoms with E-state index in [1.165, 1.54) is 12.1 Å². The molecule has 0 bridgehead atoms. The highest BCUT2D eigenvalue weighted by atomic mass is 19.1. The first kappa shape index (κ1) is 14.4. The zero-order valence-electron chi connectivity index (χ0n) is 11.2. The quantitative estimate of drug-likeness (QED) is 0.801. The van der Waals surface area contributed by atoms with Gasteiger partial charge in [-0.25, -0.2) is 4.39 Å². The Kier molecular flexibility index (Phi) is 4.91. The molecular formula is C15H22FNO2. The van der Waals surface area contributed by atoms with E-state index in [-0.39, 0.29) is 12.4 Å². The minimum Gasteiger partial charge on any atom is -0.396 e. The number of hydrogen-bond acceptors (Lipinski definition) is 3. The minimum absolute atomic E-state index is 0.243. The van der Waals surface area contributed by atoms with Crippen molar-refractivity contribution in [1.82, 2.24) is 4.90 Å². The summed E-state index contributed by atoms with van der Waals surface area (Å²) in [7, 11) is 0. The first-order chi connectivity index (χ1) is 9.14. The van der Waals surface area contributed by atoms with Crippen LogP contribution in [0.1, 0.15) is 31.2 Å². The third kappa shape index (κ3) is 3.75. The topological polar surface area (TPSA) is 43.7 Å². The first-order valence-corrected chi connectivity index (χ1v) is 6.96. The molecule has 0 atom stereocenters. The van der Waals surface area contributed by atoms with Crippen LogP contribution >= 0.6 is 0 Å². The lowest BCUT2D eigenvalue weighted by Gasteiger charge is -2.38. The van der Waals surface area contributed by atoms with Gasteiger partial charge >= 0.3 is 0 Å². The van der Waals surface area contributed by atoms with Crippen molar-refractivity contribution in [2.75, 3.05) is 26.2 Å². The van der Waals surface area contributed by atoms with E-state index in [1.54, 1.807) is 12.1 Å². The normalized spacial score (nSPS) is 19.5. The van der Waals surface area contributed by atoms with Crippen LogP contribution in [0.25, 0.3) is 0 Å². The molecule has 19 heavy (non-hydrogen) atoms. The molecule has 106 valence electrons. The van der Waals surface area contributed by atoms with E-state index in [4.69, 9.17) is 5.11 Å². The zero-order chi connectivity index (χ0) is 13.7. The summed E-state index contributed by atoms with van der Waals surface area (Å²) in [6, 6.07) is 6.16. The summed E-state index contributed by atoms with van der Waals surface area (Å²) < 4.78 is 12.9. The smallest absolute Gasteiger partial charge is 0.123 e. The fourth-order valence-corrected chi connectivity index (χ4v) is 2.64. The molecular weight excluding hydrogens is 245 g/mol. The lowest BCUT2D eigenvalue weighted by atomic mass is 9.84.